The molecule has 0 aliphatic rings. The van der Waals surface area contributed by atoms with Gasteiger partial charge >= 0.3 is 0 Å². The van der Waals surface area contributed by atoms with Crippen molar-refractivity contribution >= 4 is 0 Å². The van der Waals surface area contributed by atoms with Crippen LogP contribution in [0.3, 0.4) is 0 Å². The van der Waals surface area contributed by atoms with Crippen LogP contribution in [0.2, 0.25) is 0 Å². The van der Waals surface area contributed by atoms with Crippen LogP contribution in [0.4, 0.5) is 0 Å². The summed E-state index contributed by atoms with van der Waals surface area (Å²) in [5.41, 5.74) is 0. The fourth-order valence-corrected chi connectivity index (χ4v) is 0. The predicted octanol–water partition coefficient (Wildman–Crippen LogP) is 8.11. The van der Waals surface area contributed by atoms with Crippen molar-refractivity contribution in [2.45, 2.75) is 115 Å². The van der Waals surface area contributed by atoms with Crippen molar-refractivity contribution < 1.29 is 0 Å². The van der Waals surface area contributed by atoms with Gasteiger partial charge in [0.05, 0.1) is 0 Å². The van der Waals surface area contributed by atoms with E-state index in [2.05, 4.69) is 69.2 Å². The molecule has 0 aliphatic heterocycles. The number of hydrogen-bond donors (Lipinski definition) is 0. The van der Waals surface area contributed by atoms with Crippen LogP contribution in [-0.4, -0.2) is 0 Å². The van der Waals surface area contributed by atoms with Crippen LogP contribution >= 0.6 is 0 Å². The summed E-state index contributed by atoms with van der Waals surface area (Å²) in [5.74, 6) is 0. The summed E-state index contributed by atoms with van der Waals surface area (Å²) >= 11 is 0. The van der Waals surface area contributed by atoms with E-state index in [1.807, 2.05) is 13.8 Å². The Balaban J connectivity index is -0.0000000215. The largest absolute Gasteiger partial charge is 0.0683 e. The SMILES string of the molecule is CC.CCC.CCC.CCC.CCC.CCC. The molecule has 0 aromatic rings. The van der Waals surface area contributed by atoms with Crippen LogP contribution in [0.5, 0.6) is 0 Å². The van der Waals surface area contributed by atoms with Gasteiger partial charge in [0.1, 0.15) is 0 Å². The molecule has 0 aromatic carbocycles. The summed E-state index contributed by atoms with van der Waals surface area (Å²) in [7, 11) is 0. The van der Waals surface area contributed by atoms with E-state index in [4.69, 9.17) is 0 Å². The van der Waals surface area contributed by atoms with Gasteiger partial charge in [-0.25, -0.2) is 0 Å². The maximum atomic E-state index is 2.12. The van der Waals surface area contributed by atoms with E-state index in [-0.39, 0.29) is 0 Å². The summed E-state index contributed by atoms with van der Waals surface area (Å²) in [6.45, 7) is 25.2. The molecule has 0 spiro atoms. The minimum Gasteiger partial charge on any atom is -0.0683 e. The molecule has 0 amide bonds. The predicted molar refractivity (Wildman–Crippen MR) is 91.2 cm³/mol. The Morgan fingerprint density at radius 2 is 0.294 bits per heavy atom. The van der Waals surface area contributed by atoms with Crippen molar-refractivity contribution in [2.75, 3.05) is 0 Å². The average molecular weight is 251 g/mol. The van der Waals surface area contributed by atoms with Gasteiger partial charge in [-0.15, -0.1) is 0 Å². The van der Waals surface area contributed by atoms with E-state index in [0.29, 0.717) is 0 Å². The van der Waals surface area contributed by atoms with E-state index in [9.17, 15) is 0 Å². The van der Waals surface area contributed by atoms with Crippen LogP contribution in [0.25, 0.3) is 0 Å². The molecule has 0 unspecified atom stereocenters. The van der Waals surface area contributed by atoms with Crippen LogP contribution < -0.4 is 0 Å². The summed E-state index contributed by atoms with van der Waals surface area (Å²) in [5, 5.41) is 0. The molecule has 0 aliphatic carbocycles. The van der Waals surface area contributed by atoms with Gasteiger partial charge < -0.3 is 0 Å². The second-order valence-corrected chi connectivity index (χ2v) is 3.54. The first kappa shape index (κ1) is 36.0. The molecule has 0 rings (SSSR count). The molecule has 0 saturated carbocycles. The second-order valence-electron chi connectivity index (χ2n) is 3.54. The van der Waals surface area contributed by atoms with Crippen molar-refractivity contribution in [3.63, 3.8) is 0 Å². The quantitative estimate of drug-likeness (QED) is 0.407. The second kappa shape index (κ2) is 144. The highest BCUT2D eigenvalue weighted by Crippen LogP contribution is 1.57. The van der Waals surface area contributed by atoms with Crippen molar-refractivity contribution in [2.24, 2.45) is 0 Å². The highest BCUT2D eigenvalue weighted by atomic mass is 13.4. The highest BCUT2D eigenvalue weighted by Gasteiger charge is 1.36. The molecule has 114 valence electrons. The first-order valence-corrected chi connectivity index (χ1v) is 8.07. The standard InChI is InChI=1S/5C3H8.C2H6/c5*1-3-2;1-2/h5*3H2,1-2H3;1-2H3. The Kier molecular flexibility index (Phi) is 305. The summed E-state index contributed by atoms with van der Waals surface area (Å²) in [6, 6.07) is 0. The van der Waals surface area contributed by atoms with Crippen LogP contribution in [0, 0.1) is 0 Å². The smallest absolute Gasteiger partial charge is 0.0590 e. The van der Waals surface area contributed by atoms with Crippen molar-refractivity contribution in [3.8, 4) is 0 Å². The Labute approximate surface area is 116 Å². The lowest BCUT2D eigenvalue weighted by atomic mass is 10.6. The monoisotopic (exact) mass is 250 g/mol. The maximum Gasteiger partial charge on any atom is -0.0590 e. The molecule has 0 atom stereocenters. The first-order chi connectivity index (χ1) is 8.07. The van der Waals surface area contributed by atoms with Crippen LogP contribution in [0.1, 0.15) is 115 Å². The fourth-order valence-electron chi connectivity index (χ4n) is 0. The zero-order chi connectivity index (χ0) is 15.5. The average Bonchev–Trinajstić information content (AvgIpc) is 2.25. The lowest BCUT2D eigenvalue weighted by Gasteiger charge is -1.48. The molecule has 0 aromatic heterocycles. The maximum absolute atomic E-state index is 2.12. The van der Waals surface area contributed by atoms with E-state index in [0.717, 1.165) is 0 Å². The zero-order valence-electron chi connectivity index (χ0n) is 15.5. The Morgan fingerprint density at radius 1 is 0.294 bits per heavy atom. The van der Waals surface area contributed by atoms with Gasteiger partial charge in [0.2, 0.25) is 0 Å². The Morgan fingerprint density at radius 3 is 0.294 bits per heavy atom. The molecule has 0 saturated heterocycles. The van der Waals surface area contributed by atoms with Crippen molar-refractivity contribution in [3.05, 3.63) is 0 Å². The summed E-state index contributed by atoms with van der Waals surface area (Å²) < 4.78 is 0. The van der Waals surface area contributed by atoms with Crippen LogP contribution in [0.15, 0.2) is 0 Å². The Hall–Kier alpha value is 0. The normalized spacial score (nSPS) is 5.65. The summed E-state index contributed by atoms with van der Waals surface area (Å²) in [6.07, 6.45) is 6.25. The molecule has 0 N–H and O–H groups in total. The van der Waals surface area contributed by atoms with Gasteiger partial charge in [0, 0.05) is 0 Å². The minimum absolute atomic E-state index is 1.25. The van der Waals surface area contributed by atoms with Gasteiger partial charge in [-0.05, 0) is 0 Å². The third-order valence-corrected chi connectivity index (χ3v) is 0. The highest BCUT2D eigenvalue weighted by molar-refractivity contribution is 3.93. The lowest BCUT2D eigenvalue weighted by Crippen LogP contribution is -1.27. The first-order valence-electron chi connectivity index (χ1n) is 8.07. The molecule has 0 heteroatoms. The zero-order valence-corrected chi connectivity index (χ0v) is 15.5. The molecule has 0 heterocycles. The molecule has 0 fully saturated rings. The van der Waals surface area contributed by atoms with E-state index in [1.165, 1.54) is 32.1 Å². The van der Waals surface area contributed by atoms with E-state index in [1.54, 1.807) is 0 Å². The molecule has 0 radical (unpaired) electrons. The fraction of sp³-hybridized carbons (Fsp3) is 1.00. The van der Waals surface area contributed by atoms with Crippen LogP contribution in [-0.2, 0) is 0 Å². The van der Waals surface area contributed by atoms with Gasteiger partial charge in [0.25, 0.3) is 0 Å². The van der Waals surface area contributed by atoms with Gasteiger partial charge in [0.15, 0.2) is 0 Å². The third-order valence-electron chi connectivity index (χ3n) is 0. The molecular formula is C17H46. The lowest BCUT2D eigenvalue weighted by molar-refractivity contribution is 1.09. The van der Waals surface area contributed by atoms with E-state index >= 15 is 0 Å². The molecular weight excluding hydrogens is 204 g/mol. The summed E-state index contributed by atoms with van der Waals surface area (Å²) in [4.78, 5) is 0. The van der Waals surface area contributed by atoms with Gasteiger partial charge in [-0.3, -0.25) is 0 Å². The van der Waals surface area contributed by atoms with Crippen molar-refractivity contribution in [1.29, 1.82) is 0 Å². The van der Waals surface area contributed by atoms with Gasteiger partial charge in [-0.1, -0.05) is 115 Å². The van der Waals surface area contributed by atoms with E-state index < -0.39 is 0 Å². The van der Waals surface area contributed by atoms with Gasteiger partial charge in [-0.2, -0.15) is 0 Å². The van der Waals surface area contributed by atoms with Crippen molar-refractivity contribution in [1.82, 2.24) is 0 Å². The molecule has 0 nitrogen and oxygen atoms in total. The topological polar surface area (TPSA) is 0 Å². The Bertz CT molecular complexity index is 11.6. The minimum atomic E-state index is 1.25. The third kappa shape index (κ3) is 0. The molecule has 0 bridgehead atoms. The number of hydrogen-bond acceptors (Lipinski definition) is 0. The number of rotatable bonds is 0. The molecule has 17 heavy (non-hydrogen) atoms.